The standard InChI is InChI=1S/C31H46FN3O5Si.C24H41NO5Si.C7H7FN2O.2CH4/c1-19(2)41(20(3)4,21(5)6)39-18-22-10-12-23(13-11-22)26(17-34-30(38)40-31(7,8)9)29(37)35-24-14-15-25(28(33)36)27(32)16-24;1-16(2)31(17(3)4,18(5)6)29-15-19-10-12-20(13-11-19)21(22(26)27)14-25-23(28)30-24(7,8)9;8-6-3-4(9)1-2-5(6)7(10)11;;/h10-16,19-21,26H,17-18H2,1-9H3,(H2,33,36)(H,34,38)(H,35,37);10-13,16-18,21H,14-15H2,1-9H3,(H,25,28)(H,26,27);1-3H,9H2,(H2,10,11);2*1H4. The van der Waals surface area contributed by atoms with Gasteiger partial charge in [-0.3, -0.25) is 19.2 Å². The van der Waals surface area contributed by atoms with Crippen molar-refractivity contribution < 1.29 is 61.0 Å². The third-order valence-electron chi connectivity index (χ3n) is 14.2. The lowest BCUT2D eigenvalue weighted by atomic mass is 9.96. The van der Waals surface area contributed by atoms with Crippen LogP contribution in [0.3, 0.4) is 0 Å². The van der Waals surface area contributed by atoms with Crippen LogP contribution >= 0.6 is 0 Å². The van der Waals surface area contributed by atoms with Gasteiger partial charge in [0.25, 0.3) is 11.8 Å². The number of carboxylic acids is 1. The molecule has 0 aliphatic rings. The number of anilines is 2. The van der Waals surface area contributed by atoms with Crippen LogP contribution in [0.2, 0.25) is 33.2 Å². The second-order valence-electron chi connectivity index (χ2n) is 24.6. The molecule has 0 radical (unpaired) electrons. The summed E-state index contributed by atoms with van der Waals surface area (Å²) in [6, 6.07) is 22.3. The second kappa shape index (κ2) is 34.5. The highest BCUT2D eigenvalue weighted by Gasteiger charge is 2.46. The number of carboxylic acid groups (broad SMARTS) is 1. The molecule has 4 aromatic rings. The van der Waals surface area contributed by atoms with Crippen molar-refractivity contribution in [3.63, 3.8) is 0 Å². The molecule has 0 heterocycles. The molecule has 476 valence electrons. The molecule has 0 spiro atoms. The molecule has 0 fully saturated rings. The third kappa shape index (κ3) is 24.0. The first-order chi connectivity index (χ1) is 38.3. The Kier molecular flexibility index (Phi) is 31.7. The minimum absolute atomic E-state index is 0. The first-order valence-corrected chi connectivity index (χ1v) is 32.4. The average molecular weight is 1230 g/mol. The van der Waals surface area contributed by atoms with Gasteiger partial charge in [0.2, 0.25) is 22.5 Å². The first kappa shape index (κ1) is 78.3. The predicted molar refractivity (Wildman–Crippen MR) is 342 cm³/mol. The number of nitrogen functional groups attached to an aromatic ring is 1. The second-order valence-corrected chi connectivity index (χ2v) is 35.5. The van der Waals surface area contributed by atoms with Crippen LogP contribution in [0.4, 0.5) is 29.7 Å². The summed E-state index contributed by atoms with van der Waals surface area (Å²) in [6.07, 6.45) is -1.28. The van der Waals surface area contributed by atoms with Crippen LogP contribution < -0.4 is 33.2 Å². The van der Waals surface area contributed by atoms with E-state index in [-0.39, 0.29) is 50.4 Å². The number of primary amides is 2. The lowest BCUT2D eigenvalue weighted by molar-refractivity contribution is -0.138. The zero-order valence-corrected chi connectivity index (χ0v) is 54.0. The molecule has 85 heavy (non-hydrogen) atoms. The molecule has 21 heteroatoms. The number of nitrogens with two attached hydrogens (primary N) is 3. The van der Waals surface area contributed by atoms with Crippen molar-refractivity contribution in [1.29, 1.82) is 0 Å². The largest absolute Gasteiger partial charge is 0.481 e. The van der Waals surface area contributed by atoms with Crippen molar-refractivity contribution in [2.45, 2.75) is 209 Å². The smallest absolute Gasteiger partial charge is 0.407 e. The van der Waals surface area contributed by atoms with E-state index in [4.69, 9.17) is 35.5 Å². The SMILES string of the molecule is C.C.CC(C)[Si](OCc1ccc(C(CNC(=O)OC(C)(C)C)C(=O)Nc2ccc(C(N)=O)c(F)c2)cc1)(C(C)C)C(C)C.CC(C)[Si](OCc1ccc(C(CNC(=O)OC(C)(C)C)C(=O)O)cc1)(C(C)C)C(C)C.NC(=O)c1ccc(N)cc1F. The van der Waals surface area contributed by atoms with Crippen LogP contribution in [0.15, 0.2) is 84.9 Å². The molecule has 2 unspecified atom stereocenters. The van der Waals surface area contributed by atoms with Gasteiger partial charge >= 0.3 is 18.2 Å². The molecule has 0 saturated heterocycles. The van der Waals surface area contributed by atoms with E-state index in [0.29, 0.717) is 57.6 Å². The maximum atomic E-state index is 14.3. The van der Waals surface area contributed by atoms with Gasteiger partial charge in [-0.2, -0.15) is 0 Å². The molecule has 4 rings (SSSR count). The van der Waals surface area contributed by atoms with Crippen LogP contribution in [0.25, 0.3) is 0 Å². The Bertz CT molecular complexity index is 2740. The first-order valence-electron chi connectivity index (χ1n) is 28.2. The summed E-state index contributed by atoms with van der Waals surface area (Å²) in [6.45, 7) is 38.4. The Morgan fingerprint density at radius 1 is 0.518 bits per heavy atom. The highest BCUT2D eigenvalue weighted by atomic mass is 28.4. The van der Waals surface area contributed by atoms with E-state index < -0.39 is 87.2 Å². The number of alkyl carbamates (subject to hydrolysis) is 2. The highest BCUT2D eigenvalue weighted by molar-refractivity contribution is 6.78. The van der Waals surface area contributed by atoms with Crippen LogP contribution in [-0.2, 0) is 41.1 Å². The van der Waals surface area contributed by atoms with Crippen molar-refractivity contribution >= 4 is 63.9 Å². The van der Waals surface area contributed by atoms with Crippen molar-refractivity contribution in [3.05, 3.63) is 130 Å². The van der Waals surface area contributed by atoms with Gasteiger partial charge in [0.15, 0.2) is 0 Å². The van der Waals surface area contributed by atoms with Gasteiger partial charge in [-0.1, -0.05) is 146 Å². The number of hydrogen-bond acceptors (Lipinski definition) is 11. The molecule has 0 saturated carbocycles. The number of carbonyl (C=O) groups is 6. The summed E-state index contributed by atoms with van der Waals surface area (Å²) < 4.78 is 50.9. The monoisotopic (exact) mass is 1220 g/mol. The van der Waals surface area contributed by atoms with Gasteiger partial charge in [-0.05, 0) is 133 Å². The molecule has 10 N–H and O–H groups in total. The van der Waals surface area contributed by atoms with E-state index in [1.165, 1.54) is 24.3 Å². The summed E-state index contributed by atoms with van der Waals surface area (Å²) in [4.78, 5) is 71.2. The number of carbonyl (C=O) groups excluding carboxylic acids is 5. The quantitative estimate of drug-likeness (QED) is 0.0270. The molecule has 2 atom stereocenters. The number of nitrogens with one attached hydrogen (secondary N) is 3. The molecule has 0 aromatic heterocycles. The number of halogens is 2. The molecule has 4 aromatic carbocycles. The van der Waals surface area contributed by atoms with Crippen LogP contribution in [0.1, 0.15) is 194 Å². The lowest BCUT2D eigenvalue weighted by Crippen LogP contribution is -2.47. The molecule has 0 bridgehead atoms. The maximum absolute atomic E-state index is 14.3. The number of amides is 5. The molecular formula is C64H102F2N6O11Si2. The number of aliphatic carboxylic acids is 1. The average Bonchev–Trinajstić information content (AvgIpc) is 3.24. The Hall–Kier alpha value is -6.69. The van der Waals surface area contributed by atoms with Gasteiger partial charge < -0.3 is 56.6 Å². The maximum Gasteiger partial charge on any atom is 0.407 e. The van der Waals surface area contributed by atoms with Gasteiger partial charge in [-0.15, -0.1) is 0 Å². The topological polar surface area (TPSA) is 274 Å². The molecule has 5 amide bonds. The normalized spacial score (nSPS) is 12.4. The Morgan fingerprint density at radius 3 is 1.15 bits per heavy atom. The fourth-order valence-corrected chi connectivity index (χ4v) is 21.4. The number of rotatable bonds is 23. The van der Waals surface area contributed by atoms with E-state index in [0.717, 1.165) is 23.3 Å². The van der Waals surface area contributed by atoms with Crippen LogP contribution in [0.5, 0.6) is 0 Å². The predicted octanol–water partition coefficient (Wildman–Crippen LogP) is 14.7. The van der Waals surface area contributed by atoms with E-state index in [1.54, 1.807) is 53.7 Å². The van der Waals surface area contributed by atoms with Gasteiger partial charge in [0.05, 0.1) is 36.2 Å². The Morgan fingerprint density at radius 2 is 0.847 bits per heavy atom. The Balaban J connectivity index is 0.00000141. The third-order valence-corrected chi connectivity index (χ3v) is 26.3. The molecular weight excluding hydrogens is 1120 g/mol. The highest BCUT2D eigenvalue weighted by Crippen LogP contribution is 2.44. The molecule has 17 nitrogen and oxygen atoms in total. The number of ether oxygens (including phenoxy) is 2. The van der Waals surface area contributed by atoms with E-state index in [9.17, 15) is 42.7 Å². The lowest BCUT2D eigenvalue weighted by Gasteiger charge is -2.42. The van der Waals surface area contributed by atoms with Crippen LogP contribution in [-0.4, -0.2) is 81.9 Å². The van der Waals surface area contributed by atoms with Gasteiger partial charge in [-0.25, -0.2) is 18.4 Å². The molecule has 0 aliphatic heterocycles. The molecule has 0 aliphatic carbocycles. The Labute approximate surface area is 507 Å². The fourth-order valence-electron chi connectivity index (χ4n) is 10.6. The summed E-state index contributed by atoms with van der Waals surface area (Å²) in [5, 5.41) is 17.5. The van der Waals surface area contributed by atoms with Crippen molar-refractivity contribution in [3.8, 4) is 0 Å². The summed E-state index contributed by atoms with van der Waals surface area (Å²) in [5.74, 6) is -6.34. The fraction of sp³-hybridized carbons (Fsp3) is 0.531. The van der Waals surface area contributed by atoms with Crippen molar-refractivity contribution in [1.82, 2.24) is 10.6 Å². The van der Waals surface area contributed by atoms with E-state index >= 15 is 0 Å². The van der Waals surface area contributed by atoms with E-state index in [1.807, 2.05) is 36.4 Å². The van der Waals surface area contributed by atoms with Crippen molar-refractivity contribution in [2.75, 3.05) is 24.1 Å². The minimum Gasteiger partial charge on any atom is -0.481 e. The minimum atomic E-state index is -2.05. The number of benzene rings is 4. The van der Waals surface area contributed by atoms with Gasteiger partial charge in [0.1, 0.15) is 22.8 Å². The summed E-state index contributed by atoms with van der Waals surface area (Å²) in [5.41, 5.74) is 20.1. The van der Waals surface area contributed by atoms with Gasteiger partial charge in [0, 0.05) is 24.5 Å². The summed E-state index contributed by atoms with van der Waals surface area (Å²) in [7, 11) is -4.02. The van der Waals surface area contributed by atoms with Crippen LogP contribution in [0, 0.1) is 11.6 Å². The zero-order valence-electron chi connectivity index (χ0n) is 52.0. The van der Waals surface area contributed by atoms with Crippen molar-refractivity contribution in [2.24, 2.45) is 11.5 Å². The van der Waals surface area contributed by atoms with E-state index in [2.05, 4.69) is 99.0 Å². The number of hydrogen-bond donors (Lipinski definition) is 7. The zero-order chi connectivity index (χ0) is 63.5. The summed E-state index contributed by atoms with van der Waals surface area (Å²) >= 11 is 0.